The van der Waals surface area contributed by atoms with Crippen molar-refractivity contribution in [2.24, 2.45) is 0 Å². The predicted molar refractivity (Wildman–Crippen MR) is 114 cm³/mol. The maximum absolute atomic E-state index is 13.2. The first-order valence-corrected chi connectivity index (χ1v) is 12.3. The molecule has 0 N–H and O–H groups in total. The van der Waals surface area contributed by atoms with E-state index in [1.165, 1.54) is 12.1 Å². The molecular weight excluding hydrogens is 411 g/mol. The predicted octanol–water partition coefficient (Wildman–Crippen LogP) is 2.81. The van der Waals surface area contributed by atoms with E-state index in [0.717, 1.165) is 59.1 Å². The van der Waals surface area contributed by atoms with Crippen LogP contribution in [-0.2, 0) is 9.84 Å². The summed E-state index contributed by atoms with van der Waals surface area (Å²) in [5.74, 6) is 1.28. The van der Waals surface area contributed by atoms with Crippen LogP contribution in [0.3, 0.4) is 0 Å². The minimum absolute atomic E-state index is 0.152. The van der Waals surface area contributed by atoms with Crippen molar-refractivity contribution < 1.29 is 12.8 Å². The number of piperazine rings is 1. The van der Waals surface area contributed by atoms with E-state index < -0.39 is 9.84 Å². The van der Waals surface area contributed by atoms with Crippen LogP contribution in [0.25, 0.3) is 20.7 Å². The molecule has 0 aliphatic carbocycles. The third kappa shape index (κ3) is 3.74. The lowest BCUT2D eigenvalue weighted by Gasteiger charge is -2.38. The molecule has 2 aliphatic rings. The highest BCUT2D eigenvalue weighted by Gasteiger charge is 2.34. The molecule has 4 heterocycles. The van der Waals surface area contributed by atoms with Gasteiger partial charge in [-0.15, -0.1) is 11.3 Å². The molecule has 0 unspecified atom stereocenters. The summed E-state index contributed by atoms with van der Waals surface area (Å²) in [6, 6.07) is 8.67. The van der Waals surface area contributed by atoms with Gasteiger partial charge in [0.2, 0.25) is 0 Å². The van der Waals surface area contributed by atoms with Crippen molar-refractivity contribution in [3.05, 3.63) is 42.5 Å². The molecule has 2 aliphatic heterocycles. The lowest BCUT2D eigenvalue weighted by Crippen LogP contribution is -2.51. The zero-order chi connectivity index (χ0) is 20.0. The van der Waals surface area contributed by atoms with Gasteiger partial charge in [-0.2, -0.15) is 0 Å². The van der Waals surface area contributed by atoms with Crippen LogP contribution in [0.15, 0.2) is 36.7 Å². The second-order valence-corrected chi connectivity index (χ2v) is 10.9. The Morgan fingerprint density at radius 2 is 1.83 bits per heavy atom. The molecular formula is C20H21FN4O2S2. The van der Waals surface area contributed by atoms with E-state index in [2.05, 4.69) is 19.8 Å². The Hall–Kier alpha value is -2.10. The number of rotatable bonds is 3. The maximum Gasteiger partial charge on any atom is 0.151 e. The molecule has 1 atom stereocenters. The molecule has 2 fully saturated rings. The van der Waals surface area contributed by atoms with E-state index in [0.29, 0.717) is 5.75 Å². The van der Waals surface area contributed by atoms with Crippen molar-refractivity contribution >= 4 is 37.2 Å². The molecule has 2 saturated heterocycles. The van der Waals surface area contributed by atoms with Crippen molar-refractivity contribution in [2.45, 2.75) is 12.5 Å². The molecule has 29 heavy (non-hydrogen) atoms. The Morgan fingerprint density at radius 1 is 1.07 bits per heavy atom. The van der Waals surface area contributed by atoms with Crippen LogP contribution in [0.4, 0.5) is 10.2 Å². The van der Waals surface area contributed by atoms with Crippen molar-refractivity contribution in [2.75, 3.05) is 42.6 Å². The number of hydrogen-bond donors (Lipinski definition) is 0. The fourth-order valence-corrected chi connectivity index (χ4v) is 7.08. The second-order valence-electron chi connectivity index (χ2n) is 7.61. The SMILES string of the molecule is O=S1(=O)CC[C@H](N2CCN(c3ncnc4cc(-c5ccc(F)cc5)sc34)CC2)C1. The quantitative estimate of drug-likeness (QED) is 0.634. The van der Waals surface area contributed by atoms with E-state index >= 15 is 0 Å². The topological polar surface area (TPSA) is 66.4 Å². The van der Waals surface area contributed by atoms with Gasteiger partial charge < -0.3 is 4.90 Å². The van der Waals surface area contributed by atoms with Crippen LogP contribution >= 0.6 is 11.3 Å². The summed E-state index contributed by atoms with van der Waals surface area (Å²) in [6.45, 7) is 3.29. The van der Waals surface area contributed by atoms with Crippen LogP contribution in [0.1, 0.15) is 6.42 Å². The van der Waals surface area contributed by atoms with Gasteiger partial charge in [-0.05, 0) is 30.2 Å². The summed E-state index contributed by atoms with van der Waals surface area (Å²) in [5.41, 5.74) is 1.86. The summed E-state index contributed by atoms with van der Waals surface area (Å²) in [7, 11) is -2.86. The average molecular weight is 433 g/mol. The fourth-order valence-electron chi connectivity index (χ4n) is 4.19. The molecule has 1 aromatic carbocycles. The number of benzene rings is 1. The maximum atomic E-state index is 13.2. The van der Waals surface area contributed by atoms with Gasteiger partial charge in [0.25, 0.3) is 0 Å². The lowest BCUT2D eigenvalue weighted by molar-refractivity contribution is 0.200. The van der Waals surface area contributed by atoms with E-state index in [1.54, 1.807) is 29.8 Å². The molecule has 0 radical (unpaired) electrons. The van der Waals surface area contributed by atoms with Gasteiger partial charge in [0, 0.05) is 37.1 Å². The Balaban J connectivity index is 1.36. The van der Waals surface area contributed by atoms with E-state index in [4.69, 9.17) is 0 Å². The molecule has 152 valence electrons. The first-order chi connectivity index (χ1) is 14.0. The number of aromatic nitrogens is 2. The third-order valence-corrected chi connectivity index (χ3v) is 8.68. The van der Waals surface area contributed by atoms with Gasteiger partial charge in [-0.3, -0.25) is 4.90 Å². The molecule has 0 saturated carbocycles. The number of fused-ring (bicyclic) bond motifs is 1. The number of sulfone groups is 1. The third-order valence-electron chi connectivity index (χ3n) is 5.76. The Labute approximate surface area is 172 Å². The van der Waals surface area contributed by atoms with Crippen molar-refractivity contribution in [3.8, 4) is 10.4 Å². The highest BCUT2D eigenvalue weighted by molar-refractivity contribution is 7.91. The molecule has 6 nitrogen and oxygen atoms in total. The summed E-state index contributed by atoms with van der Waals surface area (Å²) in [4.78, 5) is 14.6. The number of halogens is 1. The summed E-state index contributed by atoms with van der Waals surface area (Å²) in [6.07, 6.45) is 2.33. The minimum Gasteiger partial charge on any atom is -0.353 e. The number of nitrogens with zero attached hydrogens (tertiary/aromatic N) is 4. The molecule has 0 bridgehead atoms. The zero-order valence-corrected chi connectivity index (χ0v) is 17.4. The number of hydrogen-bond acceptors (Lipinski definition) is 7. The molecule has 3 aromatic rings. The first kappa shape index (κ1) is 18.9. The number of anilines is 1. The molecule has 9 heteroatoms. The van der Waals surface area contributed by atoms with Crippen LogP contribution in [-0.4, -0.2) is 67.0 Å². The van der Waals surface area contributed by atoms with Gasteiger partial charge in [0.15, 0.2) is 9.84 Å². The fraction of sp³-hybridized carbons (Fsp3) is 0.400. The van der Waals surface area contributed by atoms with E-state index in [1.807, 2.05) is 6.07 Å². The smallest absolute Gasteiger partial charge is 0.151 e. The van der Waals surface area contributed by atoms with Gasteiger partial charge in [-0.1, -0.05) is 12.1 Å². The zero-order valence-electron chi connectivity index (χ0n) is 15.8. The second kappa shape index (κ2) is 7.30. The Morgan fingerprint density at radius 3 is 2.52 bits per heavy atom. The van der Waals surface area contributed by atoms with Gasteiger partial charge in [0.05, 0.1) is 21.7 Å². The summed E-state index contributed by atoms with van der Waals surface area (Å²) in [5, 5.41) is 0. The van der Waals surface area contributed by atoms with Gasteiger partial charge in [-0.25, -0.2) is 22.8 Å². The molecule has 0 spiro atoms. The molecule has 0 amide bonds. The van der Waals surface area contributed by atoms with Crippen LogP contribution in [0.5, 0.6) is 0 Å². The minimum atomic E-state index is -2.86. The largest absolute Gasteiger partial charge is 0.353 e. The van der Waals surface area contributed by atoms with Crippen molar-refractivity contribution in [3.63, 3.8) is 0 Å². The first-order valence-electron chi connectivity index (χ1n) is 9.68. The normalized spacial score (nSPS) is 22.4. The van der Waals surface area contributed by atoms with E-state index in [9.17, 15) is 12.8 Å². The number of thiophene rings is 1. The van der Waals surface area contributed by atoms with E-state index in [-0.39, 0.29) is 17.6 Å². The summed E-state index contributed by atoms with van der Waals surface area (Å²) < 4.78 is 37.8. The monoisotopic (exact) mass is 432 g/mol. The Bertz CT molecular complexity index is 1140. The van der Waals surface area contributed by atoms with Gasteiger partial charge in [0.1, 0.15) is 18.0 Å². The average Bonchev–Trinajstić information content (AvgIpc) is 3.31. The Kier molecular flexibility index (Phi) is 4.76. The summed E-state index contributed by atoms with van der Waals surface area (Å²) >= 11 is 1.62. The van der Waals surface area contributed by atoms with Crippen molar-refractivity contribution in [1.82, 2.24) is 14.9 Å². The van der Waals surface area contributed by atoms with Crippen molar-refractivity contribution in [1.29, 1.82) is 0 Å². The van der Waals surface area contributed by atoms with Crippen LogP contribution in [0.2, 0.25) is 0 Å². The van der Waals surface area contributed by atoms with Gasteiger partial charge >= 0.3 is 0 Å². The van der Waals surface area contributed by atoms with Crippen LogP contribution < -0.4 is 4.90 Å². The highest BCUT2D eigenvalue weighted by atomic mass is 32.2. The standard InChI is InChI=1S/C20H21FN4O2S2/c21-15-3-1-14(2-4-15)18-11-17-19(28-18)20(23-13-22-17)25-8-6-24(7-9-25)16-5-10-29(26,27)12-16/h1-4,11,13,16H,5-10,12H2/t16-/m0/s1. The highest BCUT2D eigenvalue weighted by Crippen LogP contribution is 2.37. The molecule has 2 aromatic heterocycles. The van der Waals surface area contributed by atoms with Crippen LogP contribution in [0, 0.1) is 5.82 Å². The lowest BCUT2D eigenvalue weighted by atomic mass is 10.2. The molecule has 5 rings (SSSR count).